The molecule has 0 aliphatic carbocycles. The molecule has 0 radical (unpaired) electrons. The van der Waals surface area contributed by atoms with Crippen molar-refractivity contribution in [1.82, 2.24) is 10.6 Å². The summed E-state index contributed by atoms with van der Waals surface area (Å²) in [5.74, 6) is 1.14. The van der Waals surface area contributed by atoms with Gasteiger partial charge in [0.2, 0.25) is 0 Å². The van der Waals surface area contributed by atoms with Gasteiger partial charge in [-0.05, 0) is 29.7 Å². The number of nitrogens with one attached hydrogen (secondary N) is 2. The molecular weight excluding hydrogens is 290 g/mol. The SMILES string of the molecule is NC1=NC(c2ccc(O)cc2)NC(=NCCc2ccccc2)N1. The fraction of sp³-hybridized carbons (Fsp3) is 0.176. The lowest BCUT2D eigenvalue weighted by Gasteiger charge is -2.24. The first-order valence-electron chi connectivity index (χ1n) is 7.45. The minimum atomic E-state index is -0.313. The summed E-state index contributed by atoms with van der Waals surface area (Å²) in [5, 5.41) is 15.5. The highest BCUT2D eigenvalue weighted by Crippen LogP contribution is 2.18. The van der Waals surface area contributed by atoms with Crippen LogP contribution in [-0.2, 0) is 6.42 Å². The zero-order valence-electron chi connectivity index (χ0n) is 12.6. The van der Waals surface area contributed by atoms with Crippen LogP contribution in [0.25, 0.3) is 0 Å². The molecule has 118 valence electrons. The van der Waals surface area contributed by atoms with Gasteiger partial charge < -0.3 is 16.2 Å². The average molecular weight is 309 g/mol. The maximum atomic E-state index is 9.37. The molecule has 0 bridgehead atoms. The number of aliphatic imine (C=N–C) groups is 2. The maximum Gasteiger partial charge on any atom is 0.200 e. The molecule has 1 aliphatic heterocycles. The van der Waals surface area contributed by atoms with E-state index in [1.807, 2.05) is 18.2 Å². The number of nitrogens with two attached hydrogens (primary N) is 1. The van der Waals surface area contributed by atoms with Gasteiger partial charge in [0, 0.05) is 6.54 Å². The third kappa shape index (κ3) is 4.00. The van der Waals surface area contributed by atoms with Crippen molar-refractivity contribution in [3.63, 3.8) is 0 Å². The molecule has 0 aromatic heterocycles. The number of hydrogen-bond donors (Lipinski definition) is 4. The van der Waals surface area contributed by atoms with Gasteiger partial charge in [-0.2, -0.15) is 0 Å². The van der Waals surface area contributed by atoms with Crippen LogP contribution >= 0.6 is 0 Å². The van der Waals surface area contributed by atoms with Gasteiger partial charge in [0.15, 0.2) is 18.1 Å². The molecule has 0 saturated heterocycles. The minimum absolute atomic E-state index is 0.219. The van der Waals surface area contributed by atoms with E-state index in [0.717, 1.165) is 12.0 Å². The molecule has 6 heteroatoms. The lowest BCUT2D eigenvalue weighted by Crippen LogP contribution is -2.50. The van der Waals surface area contributed by atoms with Gasteiger partial charge in [-0.3, -0.25) is 10.3 Å². The fourth-order valence-corrected chi connectivity index (χ4v) is 2.33. The quantitative estimate of drug-likeness (QED) is 0.688. The summed E-state index contributed by atoms with van der Waals surface area (Å²) in [7, 11) is 0. The molecule has 2 aromatic carbocycles. The number of rotatable bonds is 4. The van der Waals surface area contributed by atoms with E-state index < -0.39 is 0 Å². The lowest BCUT2D eigenvalue weighted by molar-refractivity contribution is 0.474. The number of phenolic OH excluding ortho intramolecular Hbond substituents is 1. The van der Waals surface area contributed by atoms with Crippen molar-refractivity contribution < 1.29 is 5.11 Å². The van der Waals surface area contributed by atoms with Crippen LogP contribution in [-0.4, -0.2) is 23.6 Å². The number of hydrogen-bond acceptors (Lipinski definition) is 4. The second kappa shape index (κ2) is 6.83. The summed E-state index contributed by atoms with van der Waals surface area (Å²) < 4.78 is 0. The molecule has 0 saturated carbocycles. The smallest absolute Gasteiger partial charge is 0.200 e. The second-order valence-electron chi connectivity index (χ2n) is 5.24. The molecule has 0 amide bonds. The predicted octanol–water partition coefficient (Wildman–Crippen LogP) is 1.50. The summed E-state index contributed by atoms with van der Waals surface area (Å²) >= 11 is 0. The predicted molar refractivity (Wildman–Crippen MR) is 91.2 cm³/mol. The van der Waals surface area contributed by atoms with E-state index in [4.69, 9.17) is 5.73 Å². The maximum absolute atomic E-state index is 9.37. The first-order chi connectivity index (χ1) is 11.2. The summed E-state index contributed by atoms with van der Waals surface area (Å²) in [6.07, 6.45) is 0.543. The Bertz CT molecular complexity index is 710. The number of benzene rings is 2. The molecule has 1 aliphatic rings. The second-order valence-corrected chi connectivity index (χ2v) is 5.24. The van der Waals surface area contributed by atoms with Crippen molar-refractivity contribution >= 4 is 11.9 Å². The zero-order valence-corrected chi connectivity index (χ0v) is 12.6. The Morgan fingerprint density at radius 1 is 1.09 bits per heavy atom. The summed E-state index contributed by atoms with van der Waals surface area (Å²) in [4.78, 5) is 8.81. The largest absolute Gasteiger partial charge is 0.508 e. The van der Waals surface area contributed by atoms with Gasteiger partial charge in [-0.1, -0.05) is 42.5 Å². The Kier molecular flexibility index (Phi) is 4.42. The molecular formula is C17H19N5O. The first kappa shape index (κ1) is 14.9. The zero-order chi connectivity index (χ0) is 16.1. The van der Waals surface area contributed by atoms with Crippen molar-refractivity contribution in [1.29, 1.82) is 0 Å². The van der Waals surface area contributed by atoms with Gasteiger partial charge >= 0.3 is 0 Å². The first-order valence-corrected chi connectivity index (χ1v) is 7.45. The molecule has 3 rings (SSSR count). The molecule has 1 atom stereocenters. The summed E-state index contributed by atoms with van der Waals surface area (Å²) in [6, 6.07) is 17.0. The Labute approximate surface area is 134 Å². The normalized spacial score (nSPS) is 18.9. The Hall–Kier alpha value is -3.02. The van der Waals surface area contributed by atoms with Crippen molar-refractivity contribution in [2.75, 3.05) is 6.54 Å². The molecule has 5 N–H and O–H groups in total. The van der Waals surface area contributed by atoms with Crippen LogP contribution in [0.4, 0.5) is 0 Å². The minimum Gasteiger partial charge on any atom is -0.508 e. The number of aromatic hydroxyl groups is 1. The van der Waals surface area contributed by atoms with Crippen LogP contribution < -0.4 is 16.4 Å². The highest BCUT2D eigenvalue weighted by molar-refractivity contribution is 5.99. The number of nitrogens with zero attached hydrogens (tertiary/aromatic N) is 2. The van der Waals surface area contributed by atoms with Crippen LogP contribution in [0.5, 0.6) is 5.75 Å². The van der Waals surface area contributed by atoms with Crippen molar-refractivity contribution in [2.45, 2.75) is 12.6 Å². The van der Waals surface area contributed by atoms with E-state index >= 15 is 0 Å². The lowest BCUT2D eigenvalue weighted by atomic mass is 10.1. The highest BCUT2D eigenvalue weighted by atomic mass is 16.3. The van der Waals surface area contributed by atoms with E-state index in [2.05, 4.69) is 32.8 Å². The molecule has 23 heavy (non-hydrogen) atoms. The monoisotopic (exact) mass is 309 g/mol. The van der Waals surface area contributed by atoms with E-state index in [9.17, 15) is 5.11 Å². The van der Waals surface area contributed by atoms with E-state index in [0.29, 0.717) is 18.5 Å². The highest BCUT2D eigenvalue weighted by Gasteiger charge is 2.18. The third-order valence-corrected chi connectivity index (χ3v) is 3.51. The van der Waals surface area contributed by atoms with Crippen molar-refractivity contribution in [3.05, 3.63) is 65.7 Å². The van der Waals surface area contributed by atoms with Crippen LogP contribution in [0.15, 0.2) is 64.6 Å². The van der Waals surface area contributed by atoms with Crippen molar-refractivity contribution in [3.8, 4) is 5.75 Å². The van der Waals surface area contributed by atoms with Crippen molar-refractivity contribution in [2.24, 2.45) is 15.7 Å². The van der Waals surface area contributed by atoms with Gasteiger partial charge in [0.25, 0.3) is 0 Å². The van der Waals surface area contributed by atoms with E-state index in [1.165, 1.54) is 5.56 Å². The van der Waals surface area contributed by atoms with E-state index in [-0.39, 0.29) is 11.9 Å². The molecule has 2 aromatic rings. The van der Waals surface area contributed by atoms with Crippen LogP contribution in [0, 0.1) is 0 Å². The third-order valence-electron chi connectivity index (χ3n) is 3.51. The molecule has 1 heterocycles. The van der Waals surface area contributed by atoms with Crippen LogP contribution in [0.2, 0.25) is 0 Å². The van der Waals surface area contributed by atoms with Gasteiger partial charge in [0.1, 0.15) is 5.75 Å². The topological polar surface area (TPSA) is 95.0 Å². The molecule has 0 spiro atoms. The Morgan fingerprint density at radius 2 is 1.83 bits per heavy atom. The number of phenols is 1. The summed E-state index contributed by atoms with van der Waals surface area (Å²) in [5.41, 5.74) is 7.98. The summed E-state index contributed by atoms with van der Waals surface area (Å²) in [6.45, 7) is 0.648. The van der Waals surface area contributed by atoms with Crippen LogP contribution in [0.1, 0.15) is 17.3 Å². The van der Waals surface area contributed by atoms with Crippen LogP contribution in [0.3, 0.4) is 0 Å². The molecule has 6 nitrogen and oxygen atoms in total. The number of guanidine groups is 2. The van der Waals surface area contributed by atoms with E-state index in [1.54, 1.807) is 24.3 Å². The average Bonchev–Trinajstić information content (AvgIpc) is 2.56. The van der Waals surface area contributed by atoms with Gasteiger partial charge in [-0.25, -0.2) is 4.99 Å². The van der Waals surface area contributed by atoms with Gasteiger partial charge in [0.05, 0.1) is 0 Å². The molecule has 0 fully saturated rings. The Morgan fingerprint density at radius 3 is 2.57 bits per heavy atom. The fourth-order valence-electron chi connectivity index (χ4n) is 2.33. The standard InChI is InChI=1S/C17H19N5O/c18-16-20-15(13-6-8-14(23)9-7-13)21-17(22-16)19-11-10-12-4-2-1-3-5-12/h1-9,15,23H,10-11H2,(H4,18,19,20,21,22). The Balaban J connectivity index is 1.66. The molecule has 1 unspecified atom stereocenters. The van der Waals surface area contributed by atoms with Gasteiger partial charge in [-0.15, -0.1) is 0 Å².